The van der Waals surface area contributed by atoms with Crippen molar-refractivity contribution in [2.75, 3.05) is 26.2 Å². The maximum absolute atomic E-state index is 3.63. The predicted molar refractivity (Wildman–Crippen MR) is 87.4 cm³/mol. The topological polar surface area (TPSA) is 15.3 Å². The summed E-state index contributed by atoms with van der Waals surface area (Å²) in [6, 6.07) is 3.15. The van der Waals surface area contributed by atoms with E-state index in [0.717, 1.165) is 25.0 Å². The second-order valence-corrected chi connectivity index (χ2v) is 7.20. The Kier molecular flexibility index (Phi) is 5.51. The lowest BCUT2D eigenvalue weighted by Gasteiger charge is -2.44. The van der Waals surface area contributed by atoms with Crippen LogP contribution in [0, 0.1) is 5.92 Å². The van der Waals surface area contributed by atoms with E-state index in [0.29, 0.717) is 0 Å². The van der Waals surface area contributed by atoms with Crippen LogP contribution in [0.25, 0.3) is 0 Å². The Labute approximate surface area is 127 Å². The van der Waals surface area contributed by atoms with Crippen LogP contribution < -0.4 is 5.32 Å². The van der Waals surface area contributed by atoms with Gasteiger partial charge in [-0.05, 0) is 73.5 Å². The van der Waals surface area contributed by atoms with Crippen molar-refractivity contribution in [2.24, 2.45) is 5.92 Å². The van der Waals surface area contributed by atoms with Gasteiger partial charge in [-0.15, -0.1) is 0 Å². The minimum Gasteiger partial charge on any atom is -0.315 e. The molecule has 1 N–H and O–H groups in total. The molecule has 112 valence electrons. The van der Waals surface area contributed by atoms with E-state index >= 15 is 0 Å². The summed E-state index contributed by atoms with van der Waals surface area (Å²) in [7, 11) is 0. The molecule has 0 aromatic carbocycles. The van der Waals surface area contributed by atoms with Gasteiger partial charge < -0.3 is 5.32 Å². The third-order valence-electron chi connectivity index (χ3n) is 5.10. The van der Waals surface area contributed by atoms with Gasteiger partial charge in [0.15, 0.2) is 0 Å². The summed E-state index contributed by atoms with van der Waals surface area (Å²) in [5.74, 6) is 1.02. The van der Waals surface area contributed by atoms with E-state index in [1.54, 1.807) is 11.3 Å². The summed E-state index contributed by atoms with van der Waals surface area (Å²) < 4.78 is 0. The molecule has 1 saturated heterocycles. The van der Waals surface area contributed by atoms with E-state index in [4.69, 9.17) is 0 Å². The number of hydrogen-bond acceptors (Lipinski definition) is 3. The molecule has 0 amide bonds. The van der Waals surface area contributed by atoms with Gasteiger partial charge in [-0.25, -0.2) is 0 Å². The number of rotatable bonds is 6. The average Bonchev–Trinajstić information content (AvgIpc) is 3.00. The number of likely N-dealkylation sites (tertiary alicyclic amines) is 1. The third kappa shape index (κ3) is 3.84. The van der Waals surface area contributed by atoms with Crippen LogP contribution in [-0.4, -0.2) is 37.1 Å². The van der Waals surface area contributed by atoms with Crippen molar-refractivity contribution in [3.63, 3.8) is 0 Å². The minimum atomic E-state index is 0.913. The number of hydrogen-bond donors (Lipinski definition) is 1. The lowest BCUT2D eigenvalue weighted by Crippen LogP contribution is -2.48. The van der Waals surface area contributed by atoms with Gasteiger partial charge in [0, 0.05) is 19.1 Å². The molecule has 1 aliphatic heterocycles. The monoisotopic (exact) mass is 292 g/mol. The first-order valence-electron chi connectivity index (χ1n) is 8.39. The summed E-state index contributed by atoms with van der Waals surface area (Å²) in [6.45, 7) is 4.88. The standard InChI is InChI=1S/C17H28N2S/c1-2-6-17-16(4-1)5-3-11-19(17)12-10-18-9-7-15-8-13-20-14-15/h8,13-14,16-18H,1-7,9-12H2/t16-,17-/m1/s1. The maximum atomic E-state index is 3.63. The van der Waals surface area contributed by atoms with E-state index in [1.807, 2.05) is 0 Å². The molecule has 0 radical (unpaired) electrons. The van der Waals surface area contributed by atoms with Gasteiger partial charge in [0.25, 0.3) is 0 Å². The minimum absolute atomic E-state index is 0.913. The summed E-state index contributed by atoms with van der Waals surface area (Å²) in [5, 5.41) is 8.07. The second-order valence-electron chi connectivity index (χ2n) is 6.42. The Balaban J connectivity index is 1.35. The van der Waals surface area contributed by atoms with Crippen molar-refractivity contribution in [3.8, 4) is 0 Å². The number of nitrogens with one attached hydrogen (secondary N) is 1. The molecule has 1 aromatic rings. The maximum Gasteiger partial charge on any atom is 0.0124 e. The van der Waals surface area contributed by atoms with Crippen molar-refractivity contribution >= 4 is 11.3 Å². The molecule has 3 heteroatoms. The van der Waals surface area contributed by atoms with Gasteiger partial charge in [0.05, 0.1) is 0 Å². The number of piperidine rings is 1. The van der Waals surface area contributed by atoms with Crippen LogP contribution in [0.15, 0.2) is 16.8 Å². The Morgan fingerprint density at radius 1 is 1.15 bits per heavy atom. The molecule has 2 heterocycles. The van der Waals surface area contributed by atoms with E-state index < -0.39 is 0 Å². The first kappa shape index (κ1) is 14.6. The molecule has 1 aromatic heterocycles. The fourth-order valence-electron chi connectivity index (χ4n) is 4.02. The van der Waals surface area contributed by atoms with Crippen LogP contribution in [0.2, 0.25) is 0 Å². The molecule has 0 bridgehead atoms. The molecule has 0 unspecified atom stereocenters. The molecule has 1 saturated carbocycles. The Morgan fingerprint density at radius 2 is 2.05 bits per heavy atom. The van der Waals surface area contributed by atoms with Gasteiger partial charge >= 0.3 is 0 Å². The average molecular weight is 292 g/mol. The quantitative estimate of drug-likeness (QED) is 0.807. The molecule has 1 aliphatic carbocycles. The lowest BCUT2D eigenvalue weighted by molar-refractivity contribution is 0.0619. The predicted octanol–water partition coefficient (Wildman–Crippen LogP) is 3.53. The number of fused-ring (bicyclic) bond motifs is 1. The van der Waals surface area contributed by atoms with Gasteiger partial charge in [-0.1, -0.05) is 12.8 Å². The molecule has 2 atom stereocenters. The Bertz CT molecular complexity index is 374. The van der Waals surface area contributed by atoms with Gasteiger partial charge in [-0.2, -0.15) is 11.3 Å². The zero-order valence-corrected chi connectivity index (χ0v) is 13.3. The highest BCUT2D eigenvalue weighted by Crippen LogP contribution is 2.34. The summed E-state index contributed by atoms with van der Waals surface area (Å²) >= 11 is 1.80. The Morgan fingerprint density at radius 3 is 2.95 bits per heavy atom. The molecule has 2 fully saturated rings. The molecular formula is C17H28N2S. The normalized spacial score (nSPS) is 27.4. The number of thiophene rings is 1. The van der Waals surface area contributed by atoms with Crippen LogP contribution in [0.1, 0.15) is 44.1 Å². The van der Waals surface area contributed by atoms with E-state index in [9.17, 15) is 0 Å². The van der Waals surface area contributed by atoms with Crippen LogP contribution in [0.5, 0.6) is 0 Å². The van der Waals surface area contributed by atoms with Crippen LogP contribution in [0.4, 0.5) is 0 Å². The molecule has 2 aliphatic rings. The highest BCUT2D eigenvalue weighted by molar-refractivity contribution is 7.07. The van der Waals surface area contributed by atoms with Crippen molar-refractivity contribution in [1.82, 2.24) is 10.2 Å². The highest BCUT2D eigenvalue weighted by Gasteiger charge is 2.32. The van der Waals surface area contributed by atoms with E-state index in [1.165, 1.54) is 63.6 Å². The van der Waals surface area contributed by atoms with Crippen LogP contribution >= 0.6 is 11.3 Å². The van der Waals surface area contributed by atoms with Crippen molar-refractivity contribution in [3.05, 3.63) is 22.4 Å². The summed E-state index contributed by atoms with van der Waals surface area (Å²) in [4.78, 5) is 2.78. The van der Waals surface area contributed by atoms with Gasteiger partial charge in [-0.3, -0.25) is 4.90 Å². The lowest BCUT2D eigenvalue weighted by atomic mass is 9.78. The first-order valence-corrected chi connectivity index (χ1v) is 9.33. The largest absolute Gasteiger partial charge is 0.315 e. The molecule has 0 spiro atoms. The smallest absolute Gasteiger partial charge is 0.0124 e. The van der Waals surface area contributed by atoms with Crippen molar-refractivity contribution in [2.45, 2.75) is 51.0 Å². The molecule has 20 heavy (non-hydrogen) atoms. The number of nitrogens with zero attached hydrogens (tertiary/aromatic N) is 1. The molecular weight excluding hydrogens is 264 g/mol. The highest BCUT2D eigenvalue weighted by atomic mass is 32.1. The zero-order valence-electron chi connectivity index (χ0n) is 12.5. The van der Waals surface area contributed by atoms with E-state index in [-0.39, 0.29) is 0 Å². The summed E-state index contributed by atoms with van der Waals surface area (Å²) in [5.41, 5.74) is 1.48. The van der Waals surface area contributed by atoms with Crippen molar-refractivity contribution in [1.29, 1.82) is 0 Å². The first-order chi connectivity index (χ1) is 9.93. The summed E-state index contributed by atoms with van der Waals surface area (Å²) in [6.07, 6.45) is 9.99. The second kappa shape index (κ2) is 7.58. The molecule has 2 nitrogen and oxygen atoms in total. The molecule has 3 rings (SSSR count). The van der Waals surface area contributed by atoms with Gasteiger partial charge in [0.1, 0.15) is 0 Å². The van der Waals surface area contributed by atoms with Crippen LogP contribution in [-0.2, 0) is 6.42 Å². The third-order valence-corrected chi connectivity index (χ3v) is 5.84. The Hall–Kier alpha value is -0.380. The van der Waals surface area contributed by atoms with Crippen LogP contribution in [0.3, 0.4) is 0 Å². The zero-order chi connectivity index (χ0) is 13.6. The SMILES string of the molecule is c1cc(CCNCCN2CCC[C@H]3CCCC[C@H]32)cs1. The fraction of sp³-hybridized carbons (Fsp3) is 0.765. The van der Waals surface area contributed by atoms with Gasteiger partial charge in [0.2, 0.25) is 0 Å². The fourth-order valence-corrected chi connectivity index (χ4v) is 4.72. The van der Waals surface area contributed by atoms with Crippen molar-refractivity contribution < 1.29 is 0 Å². The van der Waals surface area contributed by atoms with E-state index in [2.05, 4.69) is 27.0 Å².